The van der Waals surface area contributed by atoms with Gasteiger partial charge >= 0.3 is 5.97 Å². The zero-order valence-electron chi connectivity index (χ0n) is 29.4. The van der Waals surface area contributed by atoms with Crippen LogP contribution in [0.3, 0.4) is 0 Å². The quantitative estimate of drug-likeness (QED) is 0.169. The number of rotatable bonds is 12. The van der Waals surface area contributed by atoms with E-state index in [0.717, 1.165) is 102 Å². The van der Waals surface area contributed by atoms with Crippen molar-refractivity contribution in [2.75, 3.05) is 36.0 Å². The predicted octanol–water partition coefficient (Wildman–Crippen LogP) is 6.70. The van der Waals surface area contributed by atoms with E-state index in [-0.39, 0.29) is 18.7 Å². The van der Waals surface area contributed by atoms with Crippen LogP contribution in [0.15, 0.2) is 91.0 Å². The van der Waals surface area contributed by atoms with Crippen molar-refractivity contribution in [1.29, 1.82) is 0 Å². The molecule has 5 rings (SSSR count). The van der Waals surface area contributed by atoms with Crippen LogP contribution in [0.2, 0.25) is 0 Å². The molecular formula is C42H52N3O3+. The lowest BCUT2D eigenvalue weighted by atomic mass is 9.82. The first kappa shape index (κ1) is 34.9. The van der Waals surface area contributed by atoms with Gasteiger partial charge in [-0.15, -0.1) is 0 Å². The van der Waals surface area contributed by atoms with Crippen LogP contribution >= 0.6 is 0 Å². The van der Waals surface area contributed by atoms with Gasteiger partial charge in [0, 0.05) is 62.0 Å². The molecule has 0 bridgehead atoms. The fraction of sp³-hybridized carbons (Fsp3) is 0.381. The van der Waals surface area contributed by atoms with E-state index in [0.29, 0.717) is 11.6 Å². The van der Waals surface area contributed by atoms with Crippen molar-refractivity contribution in [2.45, 2.75) is 79.1 Å². The molecule has 48 heavy (non-hydrogen) atoms. The van der Waals surface area contributed by atoms with Crippen molar-refractivity contribution < 1.29 is 19.6 Å². The van der Waals surface area contributed by atoms with E-state index in [4.69, 9.17) is 4.74 Å². The van der Waals surface area contributed by atoms with Gasteiger partial charge in [0.25, 0.3) is 0 Å². The van der Waals surface area contributed by atoms with Gasteiger partial charge in [-0.3, -0.25) is 0 Å². The van der Waals surface area contributed by atoms with Crippen molar-refractivity contribution >= 4 is 34.2 Å². The summed E-state index contributed by atoms with van der Waals surface area (Å²) in [6, 6.07) is 24.3. The van der Waals surface area contributed by atoms with Gasteiger partial charge in [0.1, 0.15) is 6.10 Å². The first-order chi connectivity index (χ1) is 23.3. The summed E-state index contributed by atoms with van der Waals surface area (Å²) in [6.45, 7) is 17.8. The van der Waals surface area contributed by atoms with Gasteiger partial charge in [-0.05, 0) is 117 Å². The number of carbonyl (C=O) groups excluding carboxylic acids is 1. The molecule has 0 unspecified atom stereocenters. The molecule has 0 aliphatic heterocycles. The molecule has 1 fully saturated rings. The van der Waals surface area contributed by atoms with Gasteiger partial charge in [0.2, 0.25) is 5.71 Å². The van der Waals surface area contributed by atoms with Crippen LogP contribution < -0.4 is 14.8 Å². The Labute approximate surface area is 287 Å². The maximum absolute atomic E-state index is 12.1. The number of benzene rings is 3. The van der Waals surface area contributed by atoms with Gasteiger partial charge in [0.15, 0.2) is 6.04 Å². The molecular weight excluding hydrogens is 594 g/mol. The smallest absolute Gasteiger partial charge is 0.333 e. The second-order valence-electron chi connectivity index (χ2n) is 12.8. The number of ether oxygens (including phenoxy) is 1. The summed E-state index contributed by atoms with van der Waals surface area (Å²) in [6.07, 6.45) is 7.92. The number of aliphatic hydroxyl groups excluding tert-OH is 1. The average molecular weight is 647 g/mol. The number of carbonyl (C=O) groups is 1. The first-order valence-electron chi connectivity index (χ1n) is 17.7. The molecule has 6 nitrogen and oxygen atoms in total. The second kappa shape index (κ2) is 16.1. The summed E-state index contributed by atoms with van der Waals surface area (Å²) in [5.41, 5.74) is 11.5. The number of nitrogens with zero attached hydrogens (tertiary/aromatic N) is 2. The molecule has 3 aromatic rings. The Balaban J connectivity index is 1.59. The topological polar surface area (TPSA) is 67.0 Å². The highest BCUT2D eigenvalue weighted by Crippen LogP contribution is 2.39. The third-order valence-electron chi connectivity index (χ3n) is 9.79. The molecule has 0 saturated heterocycles. The minimum Gasteiger partial charge on any atom is -0.459 e. The van der Waals surface area contributed by atoms with E-state index >= 15 is 0 Å². The van der Waals surface area contributed by atoms with E-state index in [1.807, 2.05) is 0 Å². The third-order valence-corrected chi connectivity index (χ3v) is 9.79. The fourth-order valence-electron chi connectivity index (χ4n) is 7.06. The second-order valence-corrected chi connectivity index (χ2v) is 12.8. The van der Waals surface area contributed by atoms with E-state index in [9.17, 15) is 9.90 Å². The normalized spacial score (nSPS) is 19.1. The summed E-state index contributed by atoms with van der Waals surface area (Å²) >= 11 is 0. The van der Waals surface area contributed by atoms with Crippen molar-refractivity contribution in [1.82, 2.24) is 0 Å². The number of hydrogen-bond donors (Lipinski definition) is 2. The first-order valence-corrected chi connectivity index (χ1v) is 17.7. The summed E-state index contributed by atoms with van der Waals surface area (Å²) in [4.78, 5) is 20.6. The molecule has 1 saturated carbocycles. The lowest BCUT2D eigenvalue weighted by Gasteiger charge is -2.26. The molecule has 3 aromatic carbocycles. The summed E-state index contributed by atoms with van der Waals surface area (Å²) < 4.78 is 5.64. The molecule has 0 atom stereocenters. The van der Waals surface area contributed by atoms with Crippen LogP contribution in [0.25, 0.3) is 11.1 Å². The van der Waals surface area contributed by atoms with Crippen LogP contribution in [0.5, 0.6) is 0 Å². The Morgan fingerprint density at radius 1 is 0.833 bits per heavy atom. The Hall–Kier alpha value is -4.42. The Morgan fingerprint density at radius 2 is 1.44 bits per heavy atom. The molecule has 2 aliphatic rings. The zero-order valence-corrected chi connectivity index (χ0v) is 29.4. The van der Waals surface area contributed by atoms with Gasteiger partial charge in [-0.25, -0.2) is 9.79 Å². The largest absolute Gasteiger partial charge is 0.459 e. The highest BCUT2D eigenvalue weighted by Gasteiger charge is 2.29. The molecule has 0 radical (unpaired) electrons. The molecule has 0 amide bonds. The highest BCUT2D eigenvalue weighted by molar-refractivity contribution is 6.17. The van der Waals surface area contributed by atoms with Crippen molar-refractivity contribution in [3.8, 4) is 0 Å². The van der Waals surface area contributed by atoms with Crippen LogP contribution in [0.1, 0.15) is 88.1 Å². The summed E-state index contributed by atoms with van der Waals surface area (Å²) in [5, 5.41) is 10.7. The van der Waals surface area contributed by atoms with Gasteiger partial charge in [-0.1, -0.05) is 43.0 Å². The summed E-state index contributed by atoms with van der Waals surface area (Å²) in [5.74, 6) is -0.296. The van der Waals surface area contributed by atoms with Crippen LogP contribution in [-0.2, 0) is 16.1 Å². The minimum atomic E-state index is -0.296. The van der Waals surface area contributed by atoms with Crippen LogP contribution in [-0.4, -0.2) is 55.1 Å². The van der Waals surface area contributed by atoms with Crippen molar-refractivity contribution in [3.05, 3.63) is 119 Å². The lowest BCUT2D eigenvalue weighted by molar-refractivity contribution is -0.507. The highest BCUT2D eigenvalue weighted by atomic mass is 16.5. The molecule has 0 aromatic heterocycles. The standard InChI is InChI=1S/C42H51N3O3/c1-7-44(8-2)33-19-15-30(16-20-33)41(36-24-21-34(27-31(36)28-46)45(9-3)10-4)39-25-26-40(38-14-12-11-13-37(38)39)43-32-17-22-35(23-18-32)48-42(47)29(5)6/h11-16,19-21,24-27,32,35,46H,5,7-10,17-18,22-23,28H2,1-4,6H3/p+1/b41-39-,43-40?. The molecule has 0 heterocycles. The fourth-order valence-corrected chi connectivity index (χ4v) is 7.06. The predicted molar refractivity (Wildman–Crippen MR) is 199 cm³/mol. The summed E-state index contributed by atoms with van der Waals surface area (Å²) in [7, 11) is 0. The number of hydrogen-bond acceptors (Lipinski definition) is 5. The maximum atomic E-state index is 12.1. The number of aliphatic hydroxyl groups is 1. The Bertz CT molecular complexity index is 1690. The van der Waals surface area contributed by atoms with Gasteiger partial charge in [0.05, 0.1) is 12.2 Å². The molecule has 0 spiro atoms. The molecule has 2 N–H and O–H groups in total. The Morgan fingerprint density at radius 3 is 2.04 bits per heavy atom. The number of allylic oxidation sites excluding steroid dienone is 3. The van der Waals surface area contributed by atoms with Gasteiger partial charge < -0.3 is 19.6 Å². The van der Waals surface area contributed by atoms with E-state index in [1.54, 1.807) is 6.92 Å². The SMILES string of the molecule is C=C(C)C(=O)OC1CCC([NH+]=C2C=C/C(=C(\c3ccc(N(CC)CC)cc3)c3ccc(N(CC)CC)cc3CO)c3ccccc32)CC1. The van der Waals surface area contributed by atoms with Crippen molar-refractivity contribution in [2.24, 2.45) is 0 Å². The minimum absolute atomic E-state index is 0.0482. The Kier molecular flexibility index (Phi) is 11.7. The van der Waals surface area contributed by atoms with Gasteiger partial charge in [-0.2, -0.15) is 0 Å². The maximum Gasteiger partial charge on any atom is 0.333 e. The number of fused-ring (bicyclic) bond motifs is 1. The third kappa shape index (κ3) is 7.65. The van der Waals surface area contributed by atoms with Crippen LogP contribution in [0, 0.1) is 0 Å². The zero-order chi connectivity index (χ0) is 34.2. The number of esters is 1. The molecule has 252 valence electrons. The molecule has 6 heteroatoms. The monoisotopic (exact) mass is 646 g/mol. The number of nitrogens with one attached hydrogen (secondary N) is 1. The number of anilines is 2. The average Bonchev–Trinajstić information content (AvgIpc) is 3.12. The molecule has 2 aliphatic carbocycles. The lowest BCUT2D eigenvalue weighted by Crippen LogP contribution is -2.80. The van der Waals surface area contributed by atoms with E-state index in [1.165, 1.54) is 5.69 Å². The van der Waals surface area contributed by atoms with Crippen LogP contribution in [0.4, 0.5) is 11.4 Å². The van der Waals surface area contributed by atoms with E-state index < -0.39 is 0 Å². The van der Waals surface area contributed by atoms with Crippen molar-refractivity contribution in [3.63, 3.8) is 0 Å². The van der Waals surface area contributed by atoms with E-state index in [2.05, 4.69) is 128 Å².